The molecule has 0 radical (unpaired) electrons. The molecular weight excluding hydrogens is 388 g/mol. The molecule has 0 aliphatic carbocycles. The maximum atomic E-state index is 12.8. The van der Waals surface area contributed by atoms with E-state index in [9.17, 15) is 14.7 Å². The van der Waals surface area contributed by atoms with Crippen LogP contribution in [0.5, 0.6) is 0 Å². The summed E-state index contributed by atoms with van der Waals surface area (Å²) in [5, 5.41) is 19.6. The number of rotatable bonds is 9. The van der Waals surface area contributed by atoms with Gasteiger partial charge in [-0.3, -0.25) is 4.79 Å². The molecule has 6 heteroatoms. The zero-order chi connectivity index (χ0) is 20.7. The number of aryl methyl sites for hydroxylation is 1. The first-order valence-corrected chi connectivity index (χ1v) is 10.6. The summed E-state index contributed by atoms with van der Waals surface area (Å²) < 4.78 is 5.86. The number of esters is 1. The molecule has 0 bridgehead atoms. The monoisotopic (exact) mass is 412 g/mol. The number of cyclic esters (lactones) is 1. The molecule has 0 amide bonds. The largest absolute Gasteiger partial charge is 0.511 e. The smallest absolute Gasteiger partial charge is 0.348 e. The van der Waals surface area contributed by atoms with E-state index in [0.29, 0.717) is 18.6 Å². The molecule has 2 N–H and O–H groups in total. The van der Waals surface area contributed by atoms with Crippen molar-refractivity contribution in [2.45, 2.75) is 37.7 Å². The van der Waals surface area contributed by atoms with Gasteiger partial charge in [0.1, 0.15) is 16.3 Å². The number of aliphatic hydroxyl groups is 1. The van der Waals surface area contributed by atoms with Gasteiger partial charge in [-0.2, -0.15) is 0 Å². The van der Waals surface area contributed by atoms with Crippen LogP contribution in [-0.2, 0) is 26.3 Å². The van der Waals surface area contributed by atoms with Crippen molar-refractivity contribution in [1.82, 2.24) is 0 Å². The van der Waals surface area contributed by atoms with Crippen LogP contribution in [0.15, 0.2) is 71.3 Å². The minimum atomic E-state index is -1.04. The van der Waals surface area contributed by atoms with E-state index in [-0.39, 0.29) is 23.5 Å². The molecule has 0 fully saturated rings. The number of carboxylic acid groups (broad SMARTS) is 1. The molecule has 5 nitrogen and oxygen atoms in total. The number of ether oxygens (including phenoxy) is 1. The Balaban J connectivity index is 1.75. The van der Waals surface area contributed by atoms with Gasteiger partial charge in [0.25, 0.3) is 0 Å². The Morgan fingerprint density at radius 3 is 2.34 bits per heavy atom. The van der Waals surface area contributed by atoms with Crippen LogP contribution >= 0.6 is 11.8 Å². The number of hydrogen-bond donors (Lipinski definition) is 2. The molecule has 1 unspecified atom stereocenters. The molecule has 2 aromatic rings. The predicted molar refractivity (Wildman–Crippen MR) is 113 cm³/mol. The molecule has 3 rings (SSSR count). The number of carbonyl (C=O) groups is 2. The molecular formula is C23H24O5S. The zero-order valence-corrected chi connectivity index (χ0v) is 16.9. The fraction of sp³-hybridized carbons (Fsp3) is 0.304. The third kappa shape index (κ3) is 5.41. The van der Waals surface area contributed by atoms with Gasteiger partial charge in [-0.15, -0.1) is 11.8 Å². The topological polar surface area (TPSA) is 83.8 Å². The van der Waals surface area contributed by atoms with Crippen LogP contribution in [-0.4, -0.2) is 27.9 Å². The molecule has 1 aliphatic heterocycles. The van der Waals surface area contributed by atoms with Gasteiger partial charge in [0.05, 0.1) is 6.42 Å². The standard InChI is InChI=1S/C23H24O5S/c24-19-16-23(14-7-12-20(25)26,18-10-5-2-6-11-18)28-22(27)21(19)29-15-13-17-8-3-1-4-9-17/h1-6,8-11,24H,7,12-16H2,(H,25,26). The number of benzene rings is 2. The summed E-state index contributed by atoms with van der Waals surface area (Å²) in [7, 11) is 0. The Hall–Kier alpha value is -2.73. The lowest BCUT2D eigenvalue weighted by Gasteiger charge is -2.37. The maximum absolute atomic E-state index is 12.8. The van der Waals surface area contributed by atoms with Crippen molar-refractivity contribution >= 4 is 23.7 Å². The summed E-state index contributed by atoms with van der Waals surface area (Å²) >= 11 is 1.29. The van der Waals surface area contributed by atoms with Gasteiger partial charge >= 0.3 is 11.9 Å². The summed E-state index contributed by atoms with van der Waals surface area (Å²) in [6.45, 7) is 0. The number of aliphatic hydroxyl groups excluding tert-OH is 1. The second-order valence-corrected chi connectivity index (χ2v) is 8.14. The average molecular weight is 413 g/mol. The van der Waals surface area contributed by atoms with E-state index >= 15 is 0 Å². The fourth-order valence-electron chi connectivity index (χ4n) is 3.50. The molecule has 152 valence electrons. The first kappa shape index (κ1) is 21.0. The molecule has 0 saturated carbocycles. The molecule has 0 saturated heterocycles. The van der Waals surface area contributed by atoms with E-state index in [1.807, 2.05) is 60.7 Å². The second kappa shape index (κ2) is 9.65. The van der Waals surface area contributed by atoms with Crippen molar-refractivity contribution in [1.29, 1.82) is 0 Å². The van der Waals surface area contributed by atoms with Crippen LogP contribution in [0.25, 0.3) is 0 Å². The third-order valence-electron chi connectivity index (χ3n) is 4.94. The fourth-order valence-corrected chi connectivity index (χ4v) is 4.44. The van der Waals surface area contributed by atoms with Gasteiger partial charge in [0.15, 0.2) is 0 Å². The third-order valence-corrected chi connectivity index (χ3v) is 6.04. The molecule has 2 aromatic carbocycles. The highest BCUT2D eigenvalue weighted by molar-refractivity contribution is 8.04. The van der Waals surface area contributed by atoms with Gasteiger partial charge in [-0.25, -0.2) is 4.79 Å². The van der Waals surface area contributed by atoms with Crippen LogP contribution in [0.2, 0.25) is 0 Å². The number of thioether (sulfide) groups is 1. The summed E-state index contributed by atoms with van der Waals surface area (Å²) in [6, 6.07) is 19.2. The summed E-state index contributed by atoms with van der Waals surface area (Å²) in [6.07, 6.45) is 1.59. The van der Waals surface area contributed by atoms with Crippen molar-refractivity contribution in [3.63, 3.8) is 0 Å². The van der Waals surface area contributed by atoms with Crippen LogP contribution < -0.4 is 0 Å². The van der Waals surface area contributed by atoms with Crippen LogP contribution in [0, 0.1) is 0 Å². The van der Waals surface area contributed by atoms with E-state index in [2.05, 4.69) is 0 Å². The van der Waals surface area contributed by atoms with Gasteiger partial charge in [0.2, 0.25) is 0 Å². The van der Waals surface area contributed by atoms with Crippen LogP contribution in [0.1, 0.15) is 36.8 Å². The van der Waals surface area contributed by atoms with E-state index in [4.69, 9.17) is 9.84 Å². The minimum absolute atomic E-state index is 0.0125. The lowest BCUT2D eigenvalue weighted by Crippen LogP contribution is -2.37. The lowest BCUT2D eigenvalue weighted by molar-refractivity contribution is -0.160. The van der Waals surface area contributed by atoms with E-state index in [0.717, 1.165) is 17.5 Å². The quantitative estimate of drug-likeness (QED) is 0.574. The Labute approximate surface area is 174 Å². The predicted octanol–water partition coefficient (Wildman–Crippen LogP) is 4.83. The highest BCUT2D eigenvalue weighted by Gasteiger charge is 2.43. The highest BCUT2D eigenvalue weighted by atomic mass is 32.2. The summed E-state index contributed by atoms with van der Waals surface area (Å²) in [5.41, 5.74) is 0.886. The molecule has 1 atom stereocenters. The van der Waals surface area contributed by atoms with Crippen molar-refractivity contribution < 1.29 is 24.5 Å². The van der Waals surface area contributed by atoms with E-state index < -0.39 is 17.5 Å². The van der Waals surface area contributed by atoms with Gasteiger partial charge in [-0.05, 0) is 30.4 Å². The van der Waals surface area contributed by atoms with Crippen LogP contribution in [0.3, 0.4) is 0 Å². The van der Waals surface area contributed by atoms with Crippen molar-refractivity contribution in [3.05, 3.63) is 82.5 Å². The Bertz CT molecular complexity index is 879. The minimum Gasteiger partial charge on any atom is -0.511 e. The SMILES string of the molecule is O=C(O)CCCC1(c2ccccc2)CC(O)=C(SCCc2ccccc2)C(=O)O1. The van der Waals surface area contributed by atoms with Crippen molar-refractivity contribution in [3.8, 4) is 0 Å². The number of hydrogen-bond acceptors (Lipinski definition) is 5. The first-order valence-electron chi connectivity index (χ1n) is 9.60. The molecule has 1 aliphatic rings. The van der Waals surface area contributed by atoms with Crippen molar-refractivity contribution in [2.75, 3.05) is 5.75 Å². The van der Waals surface area contributed by atoms with Gasteiger partial charge in [0, 0.05) is 12.2 Å². The first-order chi connectivity index (χ1) is 14.0. The van der Waals surface area contributed by atoms with E-state index in [1.165, 1.54) is 11.8 Å². The van der Waals surface area contributed by atoms with Gasteiger partial charge in [-0.1, -0.05) is 60.7 Å². The second-order valence-electron chi connectivity index (χ2n) is 7.03. The molecule has 29 heavy (non-hydrogen) atoms. The molecule has 0 spiro atoms. The zero-order valence-electron chi connectivity index (χ0n) is 16.0. The summed E-state index contributed by atoms with van der Waals surface area (Å²) in [5.74, 6) is -0.785. The maximum Gasteiger partial charge on any atom is 0.348 e. The molecule has 0 aromatic heterocycles. The van der Waals surface area contributed by atoms with Gasteiger partial charge < -0.3 is 14.9 Å². The van der Waals surface area contributed by atoms with E-state index in [1.54, 1.807) is 0 Å². The Morgan fingerprint density at radius 2 is 1.72 bits per heavy atom. The van der Waals surface area contributed by atoms with Crippen molar-refractivity contribution in [2.24, 2.45) is 0 Å². The number of carboxylic acids is 1. The molecule has 1 heterocycles. The Morgan fingerprint density at radius 1 is 1.07 bits per heavy atom. The summed E-state index contributed by atoms with van der Waals surface area (Å²) in [4.78, 5) is 23.9. The number of aliphatic carboxylic acids is 1. The Kier molecular flexibility index (Phi) is 6.99. The lowest BCUT2D eigenvalue weighted by atomic mass is 9.83. The van der Waals surface area contributed by atoms with Crippen LogP contribution in [0.4, 0.5) is 0 Å². The highest BCUT2D eigenvalue weighted by Crippen LogP contribution is 2.43. The number of carbonyl (C=O) groups excluding carboxylic acids is 1. The normalized spacial score (nSPS) is 19.1. The average Bonchev–Trinajstić information content (AvgIpc) is 2.71.